The number of hydrogen-bond acceptors (Lipinski definition) is 4. The van der Waals surface area contributed by atoms with Crippen LogP contribution in [0.4, 0.5) is 4.39 Å². The van der Waals surface area contributed by atoms with Crippen molar-refractivity contribution in [2.75, 3.05) is 26.2 Å². The monoisotopic (exact) mass is 409 g/mol. The van der Waals surface area contributed by atoms with Gasteiger partial charge in [0.1, 0.15) is 5.82 Å². The van der Waals surface area contributed by atoms with E-state index in [9.17, 15) is 9.18 Å². The second-order valence-electron chi connectivity index (χ2n) is 7.33. The molecule has 1 aromatic heterocycles. The first-order valence-electron chi connectivity index (χ1n) is 9.92. The van der Waals surface area contributed by atoms with Gasteiger partial charge >= 0.3 is 0 Å². The molecule has 1 saturated heterocycles. The number of amides is 1. The predicted octanol–water partition coefficient (Wildman–Crippen LogP) is 4.22. The van der Waals surface area contributed by atoms with E-state index in [-0.39, 0.29) is 11.7 Å². The number of halogens is 1. The summed E-state index contributed by atoms with van der Waals surface area (Å²) in [6.45, 7) is 3.87. The maximum atomic E-state index is 13.4. The molecule has 150 valence electrons. The number of rotatable bonds is 5. The standard InChI is InChI=1S/C23H24FN3OS/c24-20-9-4-8-19(15-20)23(28)27-11-5-10-26(12-13-27)16-21-17-29-22(25-21)14-18-6-2-1-3-7-18/h1-4,6-9,15,17H,5,10-14,16H2. The number of carbonyl (C=O) groups is 1. The summed E-state index contributed by atoms with van der Waals surface area (Å²) in [4.78, 5) is 21.7. The Bertz CT molecular complexity index is 960. The zero-order valence-electron chi connectivity index (χ0n) is 16.3. The Morgan fingerprint density at radius 1 is 1.03 bits per heavy atom. The van der Waals surface area contributed by atoms with Gasteiger partial charge in [-0.25, -0.2) is 9.37 Å². The minimum atomic E-state index is -0.373. The Morgan fingerprint density at radius 3 is 2.72 bits per heavy atom. The van der Waals surface area contributed by atoms with Gasteiger partial charge in [0.2, 0.25) is 0 Å². The summed E-state index contributed by atoms with van der Waals surface area (Å²) in [5, 5.41) is 3.27. The molecule has 0 unspecified atom stereocenters. The minimum Gasteiger partial charge on any atom is -0.337 e. The van der Waals surface area contributed by atoms with Crippen molar-refractivity contribution in [1.82, 2.24) is 14.8 Å². The Balaban J connectivity index is 1.33. The highest BCUT2D eigenvalue weighted by molar-refractivity contribution is 7.09. The van der Waals surface area contributed by atoms with E-state index in [0.717, 1.165) is 43.2 Å². The van der Waals surface area contributed by atoms with Gasteiger partial charge in [0.05, 0.1) is 10.7 Å². The second kappa shape index (κ2) is 9.29. The van der Waals surface area contributed by atoms with Gasteiger partial charge in [0.15, 0.2) is 0 Å². The first-order chi connectivity index (χ1) is 14.2. The molecule has 0 saturated carbocycles. The van der Waals surface area contributed by atoms with Crippen LogP contribution in [-0.4, -0.2) is 46.9 Å². The van der Waals surface area contributed by atoms with Crippen LogP contribution in [0.1, 0.15) is 33.0 Å². The zero-order chi connectivity index (χ0) is 20.1. The summed E-state index contributed by atoms with van der Waals surface area (Å²) in [6, 6.07) is 16.3. The fourth-order valence-corrected chi connectivity index (χ4v) is 4.46. The Hall–Kier alpha value is -2.57. The minimum absolute atomic E-state index is 0.0924. The van der Waals surface area contributed by atoms with Crippen molar-refractivity contribution in [1.29, 1.82) is 0 Å². The van der Waals surface area contributed by atoms with Crippen LogP contribution in [-0.2, 0) is 13.0 Å². The first kappa shape index (κ1) is 19.7. The summed E-state index contributed by atoms with van der Waals surface area (Å²) in [5.74, 6) is -0.465. The summed E-state index contributed by atoms with van der Waals surface area (Å²) in [6.07, 6.45) is 1.77. The van der Waals surface area contributed by atoms with E-state index in [2.05, 4.69) is 34.5 Å². The largest absolute Gasteiger partial charge is 0.337 e. The molecule has 29 heavy (non-hydrogen) atoms. The highest BCUT2D eigenvalue weighted by Gasteiger charge is 2.21. The molecule has 6 heteroatoms. The normalized spacial score (nSPS) is 15.3. The zero-order valence-corrected chi connectivity index (χ0v) is 17.1. The van der Waals surface area contributed by atoms with E-state index in [1.165, 1.54) is 17.7 Å². The fourth-order valence-electron chi connectivity index (χ4n) is 3.64. The van der Waals surface area contributed by atoms with Crippen molar-refractivity contribution < 1.29 is 9.18 Å². The van der Waals surface area contributed by atoms with Crippen molar-refractivity contribution in [3.05, 3.63) is 87.6 Å². The molecule has 4 nitrogen and oxygen atoms in total. The summed E-state index contributed by atoms with van der Waals surface area (Å²) < 4.78 is 13.4. The smallest absolute Gasteiger partial charge is 0.254 e. The first-order valence-corrected chi connectivity index (χ1v) is 10.8. The third-order valence-electron chi connectivity index (χ3n) is 5.13. The van der Waals surface area contributed by atoms with E-state index in [1.807, 2.05) is 11.0 Å². The maximum Gasteiger partial charge on any atom is 0.254 e. The van der Waals surface area contributed by atoms with Gasteiger partial charge in [-0.3, -0.25) is 9.69 Å². The topological polar surface area (TPSA) is 36.4 Å². The molecule has 1 aliphatic heterocycles. The van der Waals surface area contributed by atoms with Crippen LogP contribution in [0.3, 0.4) is 0 Å². The van der Waals surface area contributed by atoms with E-state index in [1.54, 1.807) is 23.5 Å². The van der Waals surface area contributed by atoms with Crippen molar-refractivity contribution >= 4 is 17.2 Å². The van der Waals surface area contributed by atoms with Crippen molar-refractivity contribution in [3.8, 4) is 0 Å². The van der Waals surface area contributed by atoms with Crippen molar-refractivity contribution in [2.45, 2.75) is 19.4 Å². The molecular weight excluding hydrogens is 385 g/mol. The molecule has 0 N–H and O–H groups in total. The molecule has 1 amide bonds. The molecule has 0 aliphatic carbocycles. The molecule has 1 fully saturated rings. The molecule has 3 aromatic rings. The van der Waals surface area contributed by atoms with E-state index < -0.39 is 0 Å². The van der Waals surface area contributed by atoms with Gasteiger partial charge in [-0.15, -0.1) is 11.3 Å². The van der Waals surface area contributed by atoms with Gasteiger partial charge in [-0.2, -0.15) is 0 Å². The Morgan fingerprint density at radius 2 is 1.90 bits per heavy atom. The van der Waals surface area contributed by atoms with Gasteiger partial charge in [0.25, 0.3) is 5.91 Å². The summed E-state index contributed by atoms with van der Waals surface area (Å²) >= 11 is 1.70. The van der Waals surface area contributed by atoms with Crippen LogP contribution in [0.25, 0.3) is 0 Å². The van der Waals surface area contributed by atoms with Crippen LogP contribution >= 0.6 is 11.3 Å². The number of hydrogen-bond donors (Lipinski definition) is 0. The number of aromatic nitrogens is 1. The molecule has 2 aromatic carbocycles. The Labute approximate surface area is 174 Å². The van der Waals surface area contributed by atoms with Crippen LogP contribution < -0.4 is 0 Å². The third kappa shape index (κ3) is 5.28. The lowest BCUT2D eigenvalue weighted by Gasteiger charge is -2.21. The van der Waals surface area contributed by atoms with Gasteiger partial charge in [-0.1, -0.05) is 36.4 Å². The SMILES string of the molecule is O=C(c1cccc(F)c1)N1CCCN(Cc2csc(Cc3ccccc3)n2)CC1. The van der Waals surface area contributed by atoms with Gasteiger partial charge in [0, 0.05) is 50.1 Å². The third-order valence-corrected chi connectivity index (χ3v) is 6.03. The van der Waals surface area contributed by atoms with E-state index >= 15 is 0 Å². The van der Waals surface area contributed by atoms with Crippen LogP contribution in [0.15, 0.2) is 60.0 Å². The number of nitrogens with zero attached hydrogens (tertiary/aromatic N) is 3. The van der Waals surface area contributed by atoms with E-state index in [4.69, 9.17) is 4.98 Å². The van der Waals surface area contributed by atoms with Gasteiger partial charge < -0.3 is 4.90 Å². The lowest BCUT2D eigenvalue weighted by molar-refractivity contribution is 0.0760. The fraction of sp³-hybridized carbons (Fsp3) is 0.304. The molecule has 0 radical (unpaired) electrons. The molecule has 1 aliphatic rings. The quantitative estimate of drug-likeness (QED) is 0.633. The van der Waals surface area contributed by atoms with Crippen molar-refractivity contribution in [2.24, 2.45) is 0 Å². The Kier molecular flexibility index (Phi) is 6.32. The highest BCUT2D eigenvalue weighted by atomic mass is 32.1. The summed E-state index contributed by atoms with van der Waals surface area (Å²) in [5.41, 5.74) is 2.78. The summed E-state index contributed by atoms with van der Waals surface area (Å²) in [7, 11) is 0. The van der Waals surface area contributed by atoms with Crippen LogP contribution in [0.2, 0.25) is 0 Å². The number of thiazole rings is 1. The van der Waals surface area contributed by atoms with Crippen LogP contribution in [0.5, 0.6) is 0 Å². The molecule has 0 bridgehead atoms. The molecule has 0 atom stereocenters. The lowest BCUT2D eigenvalue weighted by atomic mass is 10.2. The molecule has 2 heterocycles. The average Bonchev–Trinajstić information content (AvgIpc) is 3.03. The highest BCUT2D eigenvalue weighted by Crippen LogP contribution is 2.17. The number of benzene rings is 2. The second-order valence-corrected chi connectivity index (χ2v) is 8.27. The average molecular weight is 410 g/mol. The molecule has 0 spiro atoms. The van der Waals surface area contributed by atoms with Gasteiger partial charge in [-0.05, 0) is 30.2 Å². The lowest BCUT2D eigenvalue weighted by Crippen LogP contribution is -2.35. The van der Waals surface area contributed by atoms with Crippen LogP contribution in [0, 0.1) is 5.82 Å². The molecular formula is C23H24FN3OS. The van der Waals surface area contributed by atoms with E-state index in [0.29, 0.717) is 18.7 Å². The van der Waals surface area contributed by atoms with Crippen molar-refractivity contribution in [3.63, 3.8) is 0 Å². The maximum absolute atomic E-state index is 13.4. The molecule has 4 rings (SSSR count). The number of carbonyl (C=O) groups excluding carboxylic acids is 1. The predicted molar refractivity (Wildman–Crippen MR) is 114 cm³/mol.